The summed E-state index contributed by atoms with van der Waals surface area (Å²) in [6.45, 7) is 2.53. The Morgan fingerprint density at radius 3 is 2.60 bits per heavy atom. The number of benzene rings is 2. The van der Waals surface area contributed by atoms with Crippen LogP contribution >= 0.6 is 11.3 Å². The van der Waals surface area contributed by atoms with Gasteiger partial charge in [0.2, 0.25) is 0 Å². The van der Waals surface area contributed by atoms with E-state index >= 15 is 0 Å². The minimum atomic E-state index is -0.174. The summed E-state index contributed by atoms with van der Waals surface area (Å²) in [6, 6.07) is 15.4. The first kappa shape index (κ1) is 19.2. The Morgan fingerprint density at radius 1 is 1.10 bits per heavy atom. The van der Waals surface area contributed by atoms with Gasteiger partial charge in [-0.15, -0.1) is 11.3 Å². The highest BCUT2D eigenvalue weighted by molar-refractivity contribution is 7.18. The van der Waals surface area contributed by atoms with Crippen molar-refractivity contribution in [1.29, 1.82) is 5.26 Å². The van der Waals surface area contributed by atoms with Gasteiger partial charge < -0.3 is 10.2 Å². The number of aromatic nitrogens is 1. The average molecular weight is 417 g/mol. The molecular formula is C24H24N4OS. The van der Waals surface area contributed by atoms with Gasteiger partial charge in [-0.3, -0.25) is 4.79 Å². The van der Waals surface area contributed by atoms with E-state index in [4.69, 9.17) is 10.2 Å². The van der Waals surface area contributed by atoms with Gasteiger partial charge in [-0.2, -0.15) is 5.26 Å². The molecule has 5 nitrogen and oxygen atoms in total. The molecule has 30 heavy (non-hydrogen) atoms. The van der Waals surface area contributed by atoms with Crippen molar-refractivity contribution in [3.05, 3.63) is 58.6 Å². The van der Waals surface area contributed by atoms with E-state index in [1.165, 1.54) is 50.2 Å². The fraction of sp³-hybridized carbons (Fsp3) is 0.375. The molecule has 1 aromatic heterocycles. The van der Waals surface area contributed by atoms with Crippen LogP contribution in [0.4, 0.5) is 5.69 Å². The smallest absolute Gasteiger partial charge is 0.255 e. The Bertz CT molecular complexity index is 1100. The third kappa shape index (κ3) is 3.83. The maximum Gasteiger partial charge on any atom is 0.255 e. The number of carbonyl (C=O) groups is 1. The summed E-state index contributed by atoms with van der Waals surface area (Å²) in [6.07, 6.45) is 6.53. The number of hydrogen-bond donors (Lipinski definition) is 1. The summed E-state index contributed by atoms with van der Waals surface area (Å²) in [5, 5.41) is 13.1. The molecule has 1 aliphatic heterocycles. The molecule has 2 aliphatic rings. The molecule has 3 aromatic rings. The summed E-state index contributed by atoms with van der Waals surface area (Å²) in [7, 11) is 0. The first-order chi connectivity index (χ1) is 14.7. The summed E-state index contributed by atoms with van der Waals surface area (Å²) >= 11 is 1.75. The minimum Gasteiger partial charge on any atom is -0.322 e. The van der Waals surface area contributed by atoms with Crippen LogP contribution in [0.3, 0.4) is 0 Å². The van der Waals surface area contributed by atoms with E-state index in [-0.39, 0.29) is 5.91 Å². The van der Waals surface area contributed by atoms with E-state index in [1.54, 1.807) is 35.6 Å². The molecular weight excluding hydrogens is 392 g/mol. The lowest BCUT2D eigenvalue weighted by Gasteiger charge is -2.43. The van der Waals surface area contributed by atoms with Crippen LogP contribution in [0.15, 0.2) is 42.5 Å². The second-order valence-corrected chi connectivity index (χ2v) is 9.36. The standard InChI is InChI=1S/C24H24N4OS/c25-15-16-4-6-17(7-5-16)23(29)26-19-8-9-21-22(14-19)30-24(27-21)18-12-20(13-18)28-10-2-1-3-11-28/h4-9,14,18,20H,1-3,10-13H2,(H,26,29). The molecule has 1 saturated heterocycles. The number of piperidine rings is 1. The SMILES string of the molecule is N#Cc1ccc(C(=O)Nc2ccc3nc(C4CC(N5CCCCC5)C4)sc3c2)cc1. The van der Waals surface area contributed by atoms with E-state index in [1.807, 2.05) is 18.2 Å². The molecule has 0 spiro atoms. The second-order valence-electron chi connectivity index (χ2n) is 8.30. The quantitative estimate of drug-likeness (QED) is 0.638. The number of nitrogens with zero attached hydrogens (tertiary/aromatic N) is 3. The number of nitriles is 1. The highest BCUT2D eigenvalue weighted by atomic mass is 32.1. The summed E-state index contributed by atoms with van der Waals surface area (Å²) < 4.78 is 1.11. The Balaban J connectivity index is 1.25. The third-order valence-electron chi connectivity index (χ3n) is 6.31. The van der Waals surface area contributed by atoms with Gasteiger partial charge in [0.25, 0.3) is 5.91 Å². The molecule has 1 amide bonds. The normalized spacial score (nSPS) is 21.7. The highest BCUT2D eigenvalue weighted by Crippen LogP contribution is 2.43. The molecule has 152 valence electrons. The van der Waals surface area contributed by atoms with Crippen molar-refractivity contribution >= 4 is 33.1 Å². The Labute approximate surface area is 180 Å². The van der Waals surface area contributed by atoms with Crippen LogP contribution in [0.2, 0.25) is 0 Å². The van der Waals surface area contributed by atoms with Crippen molar-refractivity contribution in [2.45, 2.75) is 44.1 Å². The van der Waals surface area contributed by atoms with Gasteiger partial charge in [-0.25, -0.2) is 4.98 Å². The molecule has 2 heterocycles. The van der Waals surface area contributed by atoms with Crippen LogP contribution in [0, 0.1) is 11.3 Å². The van der Waals surface area contributed by atoms with Crippen LogP contribution in [0.1, 0.15) is 59.0 Å². The zero-order valence-corrected chi connectivity index (χ0v) is 17.6. The summed E-state index contributed by atoms with van der Waals surface area (Å²) in [4.78, 5) is 20.0. The number of hydrogen-bond acceptors (Lipinski definition) is 5. The van der Waals surface area contributed by atoms with Gasteiger partial charge in [0.05, 0.1) is 26.9 Å². The van der Waals surface area contributed by atoms with Gasteiger partial charge in [0, 0.05) is 23.2 Å². The van der Waals surface area contributed by atoms with Crippen LogP contribution < -0.4 is 5.32 Å². The number of rotatable bonds is 4. The van der Waals surface area contributed by atoms with Crippen LogP contribution in [0.25, 0.3) is 10.2 Å². The maximum absolute atomic E-state index is 12.5. The van der Waals surface area contributed by atoms with E-state index < -0.39 is 0 Å². The molecule has 0 radical (unpaired) electrons. The number of fused-ring (bicyclic) bond motifs is 1. The van der Waals surface area contributed by atoms with Crippen molar-refractivity contribution in [1.82, 2.24) is 9.88 Å². The molecule has 0 unspecified atom stereocenters. The van der Waals surface area contributed by atoms with E-state index in [9.17, 15) is 4.79 Å². The fourth-order valence-electron chi connectivity index (χ4n) is 4.47. The lowest BCUT2D eigenvalue weighted by Crippen LogP contribution is -2.46. The molecule has 1 saturated carbocycles. The fourth-order valence-corrected chi connectivity index (χ4v) is 5.60. The Hall–Kier alpha value is -2.75. The number of likely N-dealkylation sites (tertiary alicyclic amines) is 1. The Morgan fingerprint density at radius 2 is 1.87 bits per heavy atom. The first-order valence-electron chi connectivity index (χ1n) is 10.7. The molecule has 0 bridgehead atoms. The van der Waals surface area contributed by atoms with E-state index in [0.717, 1.165) is 21.9 Å². The minimum absolute atomic E-state index is 0.174. The van der Waals surface area contributed by atoms with Crippen molar-refractivity contribution in [3.63, 3.8) is 0 Å². The number of amides is 1. The molecule has 0 atom stereocenters. The zero-order valence-electron chi connectivity index (χ0n) is 16.8. The maximum atomic E-state index is 12.5. The van der Waals surface area contributed by atoms with Crippen LogP contribution in [-0.2, 0) is 0 Å². The van der Waals surface area contributed by atoms with E-state index in [2.05, 4.69) is 16.3 Å². The predicted molar refractivity (Wildman–Crippen MR) is 120 cm³/mol. The first-order valence-corrected chi connectivity index (χ1v) is 11.5. The van der Waals surface area contributed by atoms with Crippen molar-refractivity contribution in [3.8, 4) is 6.07 Å². The monoisotopic (exact) mass is 416 g/mol. The van der Waals surface area contributed by atoms with Crippen molar-refractivity contribution in [2.24, 2.45) is 0 Å². The number of anilines is 1. The summed E-state index contributed by atoms with van der Waals surface area (Å²) in [5.74, 6) is 0.401. The topological polar surface area (TPSA) is 69.0 Å². The molecule has 2 fully saturated rings. The average Bonchev–Trinajstić information content (AvgIpc) is 3.16. The Kier molecular flexibility index (Phi) is 5.24. The molecule has 1 N–H and O–H groups in total. The third-order valence-corrected chi connectivity index (χ3v) is 7.49. The van der Waals surface area contributed by atoms with Gasteiger partial charge in [0.1, 0.15) is 0 Å². The zero-order chi connectivity index (χ0) is 20.5. The van der Waals surface area contributed by atoms with Gasteiger partial charge >= 0.3 is 0 Å². The lowest BCUT2D eigenvalue weighted by molar-refractivity contribution is 0.0888. The second kappa shape index (κ2) is 8.17. The van der Waals surface area contributed by atoms with Gasteiger partial charge in [-0.1, -0.05) is 6.42 Å². The molecule has 2 aromatic carbocycles. The predicted octanol–water partition coefficient (Wildman–Crippen LogP) is 5.15. The summed E-state index contributed by atoms with van der Waals surface area (Å²) in [5.41, 5.74) is 2.86. The van der Waals surface area contributed by atoms with Gasteiger partial charge in [-0.05, 0) is 81.2 Å². The lowest BCUT2D eigenvalue weighted by atomic mass is 9.79. The molecule has 6 heteroatoms. The van der Waals surface area contributed by atoms with Gasteiger partial charge in [0.15, 0.2) is 0 Å². The van der Waals surface area contributed by atoms with Crippen molar-refractivity contribution < 1.29 is 4.79 Å². The largest absolute Gasteiger partial charge is 0.322 e. The molecule has 5 rings (SSSR count). The number of nitrogens with one attached hydrogen (secondary N) is 1. The number of carbonyl (C=O) groups excluding carboxylic acids is 1. The molecule has 1 aliphatic carbocycles. The highest BCUT2D eigenvalue weighted by Gasteiger charge is 2.36. The number of thiazole rings is 1. The van der Waals surface area contributed by atoms with Crippen molar-refractivity contribution in [2.75, 3.05) is 18.4 Å². The van der Waals surface area contributed by atoms with E-state index in [0.29, 0.717) is 17.0 Å². The van der Waals surface area contributed by atoms with Crippen LogP contribution in [0.5, 0.6) is 0 Å². The van der Waals surface area contributed by atoms with Crippen LogP contribution in [-0.4, -0.2) is 34.9 Å².